The molecule has 0 aromatic heterocycles. The summed E-state index contributed by atoms with van der Waals surface area (Å²) >= 11 is 3.58. The van der Waals surface area contributed by atoms with E-state index in [1.165, 1.54) is 0 Å². The van der Waals surface area contributed by atoms with Gasteiger partial charge < -0.3 is 9.64 Å². The zero-order valence-electron chi connectivity index (χ0n) is 10.9. The summed E-state index contributed by atoms with van der Waals surface area (Å²) in [6.45, 7) is 11.8. The fourth-order valence-corrected chi connectivity index (χ4v) is 2.67. The number of hydrogen-bond donors (Lipinski definition) is 0. The molecule has 0 aliphatic carbocycles. The van der Waals surface area contributed by atoms with Gasteiger partial charge in [-0.05, 0) is 20.9 Å². The lowest BCUT2D eigenvalue weighted by Gasteiger charge is -2.37. The molecule has 0 amide bonds. The molecule has 1 rings (SSSR count). The molecule has 1 aliphatic rings. The van der Waals surface area contributed by atoms with Crippen LogP contribution in [-0.2, 0) is 4.74 Å². The lowest BCUT2D eigenvalue weighted by atomic mass is 10.2. The number of alkyl halides is 1. The summed E-state index contributed by atoms with van der Waals surface area (Å²) in [5.41, 5.74) is 0. The van der Waals surface area contributed by atoms with Gasteiger partial charge in [0, 0.05) is 37.0 Å². The van der Waals surface area contributed by atoms with Crippen LogP contribution in [0.4, 0.5) is 0 Å². The SMILES string of the molecule is CC(Br)CN(C)CC1CN(C(C)C)CCO1. The quantitative estimate of drug-likeness (QED) is 0.719. The second kappa shape index (κ2) is 6.94. The second-order valence-corrected chi connectivity index (χ2v) is 6.65. The molecular formula is C12H25BrN2O. The first kappa shape index (κ1) is 14.4. The molecule has 96 valence electrons. The van der Waals surface area contributed by atoms with Crippen molar-refractivity contribution in [2.45, 2.75) is 37.7 Å². The van der Waals surface area contributed by atoms with Crippen LogP contribution in [0, 0.1) is 0 Å². The number of halogens is 1. The Morgan fingerprint density at radius 2 is 2.12 bits per heavy atom. The Morgan fingerprint density at radius 3 is 2.69 bits per heavy atom. The first-order chi connectivity index (χ1) is 7.49. The molecule has 0 N–H and O–H groups in total. The van der Waals surface area contributed by atoms with Gasteiger partial charge in [0.25, 0.3) is 0 Å². The van der Waals surface area contributed by atoms with Crippen molar-refractivity contribution in [2.75, 3.05) is 39.8 Å². The van der Waals surface area contributed by atoms with Crippen LogP contribution in [0.2, 0.25) is 0 Å². The molecule has 1 heterocycles. The molecule has 0 aromatic carbocycles. The van der Waals surface area contributed by atoms with Crippen LogP contribution < -0.4 is 0 Å². The van der Waals surface area contributed by atoms with Gasteiger partial charge >= 0.3 is 0 Å². The van der Waals surface area contributed by atoms with Crippen molar-refractivity contribution < 1.29 is 4.74 Å². The minimum absolute atomic E-state index is 0.368. The highest BCUT2D eigenvalue weighted by Gasteiger charge is 2.23. The topological polar surface area (TPSA) is 15.7 Å². The van der Waals surface area contributed by atoms with Crippen molar-refractivity contribution in [1.29, 1.82) is 0 Å². The van der Waals surface area contributed by atoms with E-state index in [0.29, 0.717) is 17.0 Å². The van der Waals surface area contributed by atoms with E-state index in [2.05, 4.69) is 53.5 Å². The van der Waals surface area contributed by atoms with E-state index in [0.717, 1.165) is 32.8 Å². The second-order valence-electron chi connectivity index (χ2n) is 5.08. The molecule has 0 bridgehead atoms. The van der Waals surface area contributed by atoms with E-state index < -0.39 is 0 Å². The standard InChI is InChI=1S/C12H25BrN2O/c1-10(2)15-5-6-16-12(9-15)8-14(4)7-11(3)13/h10-12H,5-9H2,1-4H3. The third kappa shape index (κ3) is 5.13. The van der Waals surface area contributed by atoms with Gasteiger partial charge in [-0.3, -0.25) is 4.90 Å². The molecule has 2 unspecified atom stereocenters. The van der Waals surface area contributed by atoms with Crippen molar-refractivity contribution in [3.8, 4) is 0 Å². The average Bonchev–Trinajstić information content (AvgIpc) is 2.16. The van der Waals surface area contributed by atoms with E-state index in [9.17, 15) is 0 Å². The van der Waals surface area contributed by atoms with Crippen LogP contribution in [-0.4, -0.2) is 66.6 Å². The van der Waals surface area contributed by atoms with Crippen LogP contribution >= 0.6 is 15.9 Å². The summed E-state index contributed by atoms with van der Waals surface area (Å²) < 4.78 is 5.81. The zero-order valence-corrected chi connectivity index (χ0v) is 12.5. The Hall–Kier alpha value is 0.360. The van der Waals surface area contributed by atoms with Crippen LogP contribution in [0.5, 0.6) is 0 Å². The summed E-state index contributed by atoms with van der Waals surface area (Å²) in [6, 6.07) is 0.631. The smallest absolute Gasteiger partial charge is 0.0829 e. The molecule has 4 heteroatoms. The molecule has 0 saturated carbocycles. The Labute approximate surface area is 108 Å². The number of morpholine rings is 1. The number of rotatable bonds is 5. The van der Waals surface area contributed by atoms with E-state index in [1.807, 2.05) is 0 Å². The summed E-state index contributed by atoms with van der Waals surface area (Å²) in [5.74, 6) is 0. The highest BCUT2D eigenvalue weighted by atomic mass is 79.9. The first-order valence-electron chi connectivity index (χ1n) is 6.17. The molecule has 0 radical (unpaired) electrons. The summed E-state index contributed by atoms with van der Waals surface area (Å²) in [4.78, 5) is 5.38. The molecule has 16 heavy (non-hydrogen) atoms. The van der Waals surface area contributed by atoms with Crippen molar-refractivity contribution in [3.05, 3.63) is 0 Å². The predicted molar refractivity (Wildman–Crippen MR) is 72.3 cm³/mol. The Bertz CT molecular complexity index is 199. The summed E-state index contributed by atoms with van der Waals surface area (Å²) in [6.07, 6.45) is 0.368. The van der Waals surface area contributed by atoms with E-state index >= 15 is 0 Å². The maximum Gasteiger partial charge on any atom is 0.0829 e. The summed E-state index contributed by atoms with van der Waals surface area (Å²) in [7, 11) is 2.16. The highest BCUT2D eigenvalue weighted by molar-refractivity contribution is 9.09. The van der Waals surface area contributed by atoms with Gasteiger partial charge in [-0.1, -0.05) is 22.9 Å². The van der Waals surface area contributed by atoms with Crippen LogP contribution in [0.1, 0.15) is 20.8 Å². The van der Waals surface area contributed by atoms with Crippen LogP contribution in [0.15, 0.2) is 0 Å². The minimum atomic E-state index is 0.368. The molecule has 0 spiro atoms. The third-order valence-electron chi connectivity index (χ3n) is 2.98. The Kier molecular flexibility index (Phi) is 6.26. The van der Waals surface area contributed by atoms with Crippen molar-refractivity contribution >= 4 is 15.9 Å². The fraction of sp³-hybridized carbons (Fsp3) is 1.00. The number of ether oxygens (including phenoxy) is 1. The van der Waals surface area contributed by atoms with Crippen molar-refractivity contribution in [1.82, 2.24) is 9.80 Å². The first-order valence-corrected chi connectivity index (χ1v) is 7.09. The summed E-state index contributed by atoms with van der Waals surface area (Å²) in [5, 5.41) is 0. The van der Waals surface area contributed by atoms with Gasteiger partial charge in [0.2, 0.25) is 0 Å². The number of likely N-dealkylation sites (N-methyl/N-ethyl adjacent to an activating group) is 1. The predicted octanol–water partition coefficient (Wildman–Crippen LogP) is 1.81. The highest BCUT2D eigenvalue weighted by Crippen LogP contribution is 2.10. The lowest BCUT2D eigenvalue weighted by molar-refractivity contribution is -0.0493. The molecule has 1 saturated heterocycles. The molecule has 0 aromatic rings. The third-order valence-corrected chi connectivity index (χ3v) is 3.27. The maximum absolute atomic E-state index is 5.81. The molecular weight excluding hydrogens is 268 g/mol. The van der Waals surface area contributed by atoms with Crippen LogP contribution in [0.25, 0.3) is 0 Å². The zero-order chi connectivity index (χ0) is 12.1. The van der Waals surface area contributed by atoms with Gasteiger partial charge in [-0.15, -0.1) is 0 Å². The maximum atomic E-state index is 5.81. The van der Waals surface area contributed by atoms with E-state index in [-0.39, 0.29) is 0 Å². The molecule has 2 atom stereocenters. The van der Waals surface area contributed by atoms with Gasteiger partial charge in [0.1, 0.15) is 0 Å². The van der Waals surface area contributed by atoms with Gasteiger partial charge in [-0.25, -0.2) is 0 Å². The molecule has 1 aliphatic heterocycles. The van der Waals surface area contributed by atoms with Gasteiger partial charge in [0.15, 0.2) is 0 Å². The average molecular weight is 293 g/mol. The molecule has 1 fully saturated rings. The van der Waals surface area contributed by atoms with Gasteiger partial charge in [0.05, 0.1) is 12.7 Å². The fourth-order valence-electron chi connectivity index (χ4n) is 2.17. The van der Waals surface area contributed by atoms with Crippen LogP contribution in [0.3, 0.4) is 0 Å². The minimum Gasteiger partial charge on any atom is -0.374 e. The Balaban J connectivity index is 2.31. The van der Waals surface area contributed by atoms with E-state index in [4.69, 9.17) is 4.74 Å². The number of hydrogen-bond acceptors (Lipinski definition) is 3. The Morgan fingerprint density at radius 1 is 1.44 bits per heavy atom. The van der Waals surface area contributed by atoms with E-state index in [1.54, 1.807) is 0 Å². The van der Waals surface area contributed by atoms with Gasteiger partial charge in [-0.2, -0.15) is 0 Å². The van der Waals surface area contributed by atoms with Crippen molar-refractivity contribution in [3.63, 3.8) is 0 Å². The molecule has 3 nitrogen and oxygen atoms in total. The largest absolute Gasteiger partial charge is 0.374 e. The number of nitrogens with zero attached hydrogens (tertiary/aromatic N) is 2. The van der Waals surface area contributed by atoms with Crippen molar-refractivity contribution in [2.24, 2.45) is 0 Å². The lowest BCUT2D eigenvalue weighted by Crippen LogP contribution is -2.49. The normalized spacial score (nSPS) is 25.3. The monoisotopic (exact) mass is 292 g/mol.